The van der Waals surface area contributed by atoms with E-state index in [4.69, 9.17) is 10.7 Å². The van der Waals surface area contributed by atoms with Crippen molar-refractivity contribution in [3.8, 4) is 0 Å². The number of pyridine rings is 1. The van der Waals surface area contributed by atoms with E-state index in [0.29, 0.717) is 12.5 Å². The molecular formula is C15H23N3. The highest BCUT2D eigenvalue weighted by Gasteiger charge is 2.26. The number of nitrogens with zero attached hydrogens (tertiary/aromatic N) is 2. The minimum Gasteiger partial charge on any atom is -0.330 e. The van der Waals surface area contributed by atoms with Crippen molar-refractivity contribution in [2.45, 2.75) is 46.0 Å². The molecule has 0 bridgehead atoms. The lowest BCUT2D eigenvalue weighted by Crippen LogP contribution is -2.19. The fraction of sp³-hybridized carbons (Fsp3) is 0.533. The van der Waals surface area contributed by atoms with Gasteiger partial charge in [0.05, 0.1) is 11.4 Å². The predicted molar refractivity (Wildman–Crippen MR) is 76.1 cm³/mol. The monoisotopic (exact) mass is 245 g/mol. The highest BCUT2D eigenvalue weighted by atomic mass is 15.0. The molecule has 0 saturated carbocycles. The van der Waals surface area contributed by atoms with Gasteiger partial charge < -0.3 is 10.1 Å². The Kier molecular flexibility index (Phi) is 3.20. The second-order valence-electron chi connectivity index (χ2n) is 6.12. The summed E-state index contributed by atoms with van der Waals surface area (Å²) < 4.78 is 2.20. The van der Waals surface area contributed by atoms with Crippen LogP contribution in [0.1, 0.15) is 50.6 Å². The summed E-state index contributed by atoms with van der Waals surface area (Å²) in [5, 5.41) is 0. The topological polar surface area (TPSA) is 43.3 Å². The number of aryl methyl sites for hydroxylation is 1. The van der Waals surface area contributed by atoms with Crippen molar-refractivity contribution in [3.05, 3.63) is 35.3 Å². The van der Waals surface area contributed by atoms with E-state index in [-0.39, 0.29) is 5.41 Å². The average molecular weight is 245 g/mol. The van der Waals surface area contributed by atoms with Gasteiger partial charge in [-0.3, -0.25) is 0 Å². The van der Waals surface area contributed by atoms with Gasteiger partial charge in [0.25, 0.3) is 0 Å². The largest absolute Gasteiger partial charge is 0.330 e. The third kappa shape index (κ3) is 2.03. The minimum atomic E-state index is 0.0389. The second kappa shape index (κ2) is 4.39. The molecule has 2 heterocycles. The van der Waals surface area contributed by atoms with Crippen LogP contribution in [-0.2, 0) is 5.41 Å². The molecule has 2 aromatic rings. The van der Waals surface area contributed by atoms with Crippen molar-refractivity contribution in [1.82, 2.24) is 9.38 Å². The van der Waals surface area contributed by atoms with Crippen LogP contribution >= 0.6 is 0 Å². The van der Waals surface area contributed by atoms with E-state index in [1.54, 1.807) is 0 Å². The van der Waals surface area contributed by atoms with E-state index >= 15 is 0 Å². The van der Waals surface area contributed by atoms with Crippen LogP contribution in [0.5, 0.6) is 0 Å². The molecule has 0 aliphatic rings. The van der Waals surface area contributed by atoms with E-state index in [9.17, 15) is 0 Å². The number of nitrogens with two attached hydrogens (primary N) is 1. The minimum absolute atomic E-state index is 0.0389. The van der Waals surface area contributed by atoms with Gasteiger partial charge in [0, 0.05) is 24.1 Å². The first kappa shape index (κ1) is 13.1. The van der Waals surface area contributed by atoms with Gasteiger partial charge in [0.15, 0.2) is 0 Å². The molecule has 18 heavy (non-hydrogen) atoms. The van der Waals surface area contributed by atoms with Crippen LogP contribution in [0, 0.1) is 6.92 Å². The first-order valence-corrected chi connectivity index (χ1v) is 6.54. The molecule has 2 aromatic heterocycles. The van der Waals surface area contributed by atoms with E-state index in [1.807, 2.05) is 0 Å². The van der Waals surface area contributed by atoms with Gasteiger partial charge in [-0.25, -0.2) is 4.98 Å². The standard InChI is InChI=1S/C15H23N3/c1-10-7-6-8-18-12(11(2)9-16)13(15(3,4)5)17-14(10)18/h6-8,11H,9,16H2,1-5H3. The lowest BCUT2D eigenvalue weighted by atomic mass is 9.87. The SMILES string of the molecule is Cc1cccn2c(C(C)CN)c(C(C)(C)C)nc12. The van der Waals surface area contributed by atoms with Crippen LogP contribution in [0.4, 0.5) is 0 Å². The van der Waals surface area contributed by atoms with Crippen LogP contribution in [0.2, 0.25) is 0 Å². The Morgan fingerprint density at radius 3 is 2.61 bits per heavy atom. The number of aromatic nitrogens is 2. The van der Waals surface area contributed by atoms with Crippen LogP contribution in [-0.4, -0.2) is 15.9 Å². The van der Waals surface area contributed by atoms with Crippen molar-refractivity contribution in [2.24, 2.45) is 5.73 Å². The molecule has 1 unspecified atom stereocenters. The first-order chi connectivity index (χ1) is 8.36. The van der Waals surface area contributed by atoms with E-state index < -0.39 is 0 Å². The van der Waals surface area contributed by atoms with Crippen LogP contribution in [0.15, 0.2) is 18.3 Å². The molecule has 0 aliphatic carbocycles. The van der Waals surface area contributed by atoms with Crippen LogP contribution < -0.4 is 5.73 Å². The van der Waals surface area contributed by atoms with Crippen molar-refractivity contribution in [2.75, 3.05) is 6.54 Å². The fourth-order valence-electron chi connectivity index (χ4n) is 2.36. The molecule has 98 valence electrons. The molecule has 2 N–H and O–H groups in total. The molecule has 3 heteroatoms. The lowest BCUT2D eigenvalue weighted by molar-refractivity contribution is 0.554. The molecule has 0 fully saturated rings. The fourth-order valence-corrected chi connectivity index (χ4v) is 2.36. The number of rotatable bonds is 2. The maximum Gasteiger partial charge on any atom is 0.140 e. The van der Waals surface area contributed by atoms with Gasteiger partial charge in [-0.1, -0.05) is 33.8 Å². The van der Waals surface area contributed by atoms with Gasteiger partial charge in [0.2, 0.25) is 0 Å². The Labute approximate surface area is 109 Å². The van der Waals surface area contributed by atoms with E-state index in [1.165, 1.54) is 11.3 Å². The van der Waals surface area contributed by atoms with Gasteiger partial charge >= 0.3 is 0 Å². The molecule has 3 nitrogen and oxygen atoms in total. The smallest absolute Gasteiger partial charge is 0.140 e. The van der Waals surface area contributed by atoms with Crippen molar-refractivity contribution in [3.63, 3.8) is 0 Å². The second-order valence-corrected chi connectivity index (χ2v) is 6.12. The summed E-state index contributed by atoms with van der Waals surface area (Å²) in [5.41, 5.74) is 10.6. The molecular weight excluding hydrogens is 222 g/mol. The summed E-state index contributed by atoms with van der Waals surface area (Å²) in [6.45, 7) is 11.5. The summed E-state index contributed by atoms with van der Waals surface area (Å²) in [4.78, 5) is 4.86. The predicted octanol–water partition coefficient (Wildman–Crippen LogP) is 3.00. The highest BCUT2D eigenvalue weighted by molar-refractivity contribution is 5.52. The molecule has 0 aliphatic heterocycles. The zero-order valence-corrected chi connectivity index (χ0v) is 12.0. The number of hydrogen-bond donors (Lipinski definition) is 1. The maximum atomic E-state index is 5.86. The number of hydrogen-bond acceptors (Lipinski definition) is 2. The zero-order chi connectivity index (χ0) is 13.5. The summed E-state index contributed by atoms with van der Waals surface area (Å²) in [6, 6.07) is 4.18. The van der Waals surface area contributed by atoms with Crippen molar-refractivity contribution in [1.29, 1.82) is 0 Å². The summed E-state index contributed by atoms with van der Waals surface area (Å²) in [6.07, 6.45) is 2.09. The van der Waals surface area contributed by atoms with Gasteiger partial charge in [-0.15, -0.1) is 0 Å². The molecule has 0 amide bonds. The normalized spacial score (nSPS) is 14.1. The van der Waals surface area contributed by atoms with E-state index in [0.717, 1.165) is 11.3 Å². The summed E-state index contributed by atoms with van der Waals surface area (Å²) in [5.74, 6) is 0.316. The molecule has 0 spiro atoms. The third-order valence-corrected chi connectivity index (χ3v) is 3.41. The Morgan fingerprint density at radius 2 is 2.06 bits per heavy atom. The molecule has 0 aromatic carbocycles. The maximum absolute atomic E-state index is 5.86. The van der Waals surface area contributed by atoms with Crippen LogP contribution in [0.25, 0.3) is 5.65 Å². The molecule has 0 saturated heterocycles. The Hall–Kier alpha value is -1.35. The molecule has 0 radical (unpaired) electrons. The lowest BCUT2D eigenvalue weighted by Gasteiger charge is -2.20. The summed E-state index contributed by atoms with van der Waals surface area (Å²) in [7, 11) is 0. The van der Waals surface area contributed by atoms with Gasteiger partial charge in [-0.2, -0.15) is 0 Å². The summed E-state index contributed by atoms with van der Waals surface area (Å²) >= 11 is 0. The number of fused-ring (bicyclic) bond motifs is 1. The van der Waals surface area contributed by atoms with Crippen LogP contribution in [0.3, 0.4) is 0 Å². The Balaban J connectivity index is 2.81. The Morgan fingerprint density at radius 1 is 1.39 bits per heavy atom. The van der Waals surface area contributed by atoms with Gasteiger partial charge in [0.1, 0.15) is 5.65 Å². The number of imidazole rings is 1. The van der Waals surface area contributed by atoms with E-state index in [2.05, 4.69) is 57.3 Å². The average Bonchev–Trinajstić information content (AvgIpc) is 2.68. The zero-order valence-electron chi connectivity index (χ0n) is 12.0. The highest BCUT2D eigenvalue weighted by Crippen LogP contribution is 2.31. The van der Waals surface area contributed by atoms with Gasteiger partial charge in [-0.05, 0) is 18.6 Å². The molecule has 2 rings (SSSR count). The quantitative estimate of drug-likeness (QED) is 0.884. The third-order valence-electron chi connectivity index (χ3n) is 3.41. The van der Waals surface area contributed by atoms with Crippen molar-refractivity contribution < 1.29 is 0 Å². The first-order valence-electron chi connectivity index (χ1n) is 6.54. The molecule has 1 atom stereocenters. The Bertz CT molecular complexity index is 561. The van der Waals surface area contributed by atoms with Crippen molar-refractivity contribution >= 4 is 5.65 Å².